The van der Waals surface area contributed by atoms with Gasteiger partial charge in [0.2, 0.25) is 0 Å². The van der Waals surface area contributed by atoms with E-state index in [1.807, 2.05) is 13.2 Å². The van der Waals surface area contributed by atoms with Crippen LogP contribution in [0.25, 0.3) is 11.0 Å². The molecular formula is C9H11N5. The van der Waals surface area contributed by atoms with Crippen LogP contribution in [0.1, 0.15) is 6.42 Å². The van der Waals surface area contributed by atoms with Crippen molar-refractivity contribution in [1.29, 1.82) is 0 Å². The van der Waals surface area contributed by atoms with Gasteiger partial charge in [0.1, 0.15) is 12.1 Å². The fourth-order valence-corrected chi connectivity index (χ4v) is 1.73. The van der Waals surface area contributed by atoms with Crippen LogP contribution in [0.3, 0.4) is 0 Å². The molecule has 0 aromatic carbocycles. The molecule has 3 heterocycles. The van der Waals surface area contributed by atoms with Crippen LogP contribution in [-0.2, 0) is 7.05 Å². The molecule has 0 unspecified atom stereocenters. The molecule has 0 spiro atoms. The van der Waals surface area contributed by atoms with Crippen LogP contribution in [0.2, 0.25) is 0 Å². The number of nitrogens with zero attached hydrogens (tertiary/aromatic N) is 5. The van der Waals surface area contributed by atoms with Gasteiger partial charge in [-0.3, -0.25) is 4.68 Å². The second-order valence-electron chi connectivity index (χ2n) is 3.54. The molecule has 0 radical (unpaired) electrons. The predicted octanol–water partition coefficient (Wildman–Crippen LogP) is 0.573. The first-order chi connectivity index (χ1) is 6.86. The summed E-state index contributed by atoms with van der Waals surface area (Å²) in [7, 11) is 1.90. The van der Waals surface area contributed by atoms with Crippen LogP contribution in [0, 0.1) is 0 Å². The summed E-state index contributed by atoms with van der Waals surface area (Å²) in [5, 5.41) is 5.24. The van der Waals surface area contributed by atoms with Crippen molar-refractivity contribution in [3.63, 3.8) is 0 Å². The zero-order valence-corrected chi connectivity index (χ0v) is 8.01. The van der Waals surface area contributed by atoms with Crippen molar-refractivity contribution in [3.8, 4) is 0 Å². The maximum Gasteiger partial charge on any atom is 0.163 e. The molecule has 1 fully saturated rings. The molecule has 0 N–H and O–H groups in total. The van der Waals surface area contributed by atoms with Crippen molar-refractivity contribution in [1.82, 2.24) is 19.7 Å². The highest BCUT2D eigenvalue weighted by atomic mass is 15.3. The molecule has 72 valence electrons. The lowest BCUT2D eigenvalue weighted by atomic mass is 10.2. The van der Waals surface area contributed by atoms with Gasteiger partial charge in [0.15, 0.2) is 5.65 Å². The maximum atomic E-state index is 4.30. The molecule has 1 saturated heterocycles. The highest BCUT2D eigenvalue weighted by Crippen LogP contribution is 2.25. The lowest BCUT2D eigenvalue weighted by Gasteiger charge is -2.32. The number of rotatable bonds is 1. The summed E-state index contributed by atoms with van der Waals surface area (Å²) in [5.74, 6) is 1.02. The molecule has 5 nitrogen and oxygen atoms in total. The average molecular weight is 189 g/mol. The Balaban J connectivity index is 2.22. The Bertz CT molecular complexity index is 471. The van der Waals surface area contributed by atoms with E-state index in [1.54, 1.807) is 11.0 Å². The van der Waals surface area contributed by atoms with Crippen LogP contribution in [0.4, 0.5) is 5.82 Å². The smallest absolute Gasteiger partial charge is 0.163 e. The molecule has 0 amide bonds. The van der Waals surface area contributed by atoms with Gasteiger partial charge < -0.3 is 4.90 Å². The highest BCUT2D eigenvalue weighted by molar-refractivity contribution is 5.86. The molecule has 5 heteroatoms. The van der Waals surface area contributed by atoms with Gasteiger partial charge in [-0.15, -0.1) is 0 Å². The Hall–Kier alpha value is -1.65. The number of anilines is 1. The lowest BCUT2D eigenvalue weighted by Crippen LogP contribution is -2.37. The third kappa shape index (κ3) is 0.921. The number of hydrogen-bond donors (Lipinski definition) is 0. The monoisotopic (exact) mass is 189 g/mol. The van der Waals surface area contributed by atoms with Crippen molar-refractivity contribution >= 4 is 16.9 Å². The van der Waals surface area contributed by atoms with Gasteiger partial charge in [-0.05, 0) is 6.42 Å². The van der Waals surface area contributed by atoms with Crippen LogP contribution >= 0.6 is 0 Å². The average Bonchev–Trinajstić information content (AvgIpc) is 2.47. The summed E-state index contributed by atoms with van der Waals surface area (Å²) in [6, 6.07) is 0. The third-order valence-corrected chi connectivity index (χ3v) is 2.66. The van der Waals surface area contributed by atoms with Gasteiger partial charge in [0.25, 0.3) is 0 Å². The van der Waals surface area contributed by atoms with Crippen molar-refractivity contribution in [2.75, 3.05) is 18.0 Å². The summed E-state index contributed by atoms with van der Waals surface area (Å²) in [5.41, 5.74) is 0.905. The van der Waals surface area contributed by atoms with Crippen LogP contribution in [0.5, 0.6) is 0 Å². The van der Waals surface area contributed by atoms with E-state index in [1.165, 1.54) is 6.42 Å². The van der Waals surface area contributed by atoms with E-state index in [4.69, 9.17) is 0 Å². The van der Waals surface area contributed by atoms with E-state index in [2.05, 4.69) is 20.0 Å². The molecule has 2 aromatic rings. The summed E-state index contributed by atoms with van der Waals surface area (Å²) in [6.45, 7) is 2.20. The number of aromatic nitrogens is 4. The minimum Gasteiger partial charge on any atom is -0.356 e. The third-order valence-electron chi connectivity index (χ3n) is 2.66. The van der Waals surface area contributed by atoms with E-state index < -0.39 is 0 Å². The van der Waals surface area contributed by atoms with Crippen LogP contribution < -0.4 is 4.90 Å². The van der Waals surface area contributed by atoms with Crippen LogP contribution in [-0.4, -0.2) is 32.8 Å². The number of aryl methyl sites for hydroxylation is 1. The van der Waals surface area contributed by atoms with Gasteiger partial charge in [0, 0.05) is 20.1 Å². The molecule has 3 rings (SSSR count). The number of hydrogen-bond acceptors (Lipinski definition) is 4. The predicted molar refractivity (Wildman–Crippen MR) is 53.1 cm³/mol. The van der Waals surface area contributed by atoms with Gasteiger partial charge in [0.05, 0.1) is 11.6 Å². The standard InChI is InChI=1S/C9H11N5/c1-13-8-7(5-12-13)9(11-6-10-8)14-3-2-4-14/h5-6H,2-4H2,1H3. The second-order valence-corrected chi connectivity index (χ2v) is 3.54. The first kappa shape index (κ1) is 7.73. The molecule has 0 saturated carbocycles. The fraction of sp³-hybridized carbons (Fsp3) is 0.444. The minimum atomic E-state index is 0.905. The Labute approximate surface area is 81.4 Å². The normalized spacial score (nSPS) is 15.9. The van der Waals surface area contributed by atoms with E-state index >= 15 is 0 Å². The zero-order valence-electron chi connectivity index (χ0n) is 8.01. The first-order valence-corrected chi connectivity index (χ1v) is 4.74. The SMILES string of the molecule is Cn1ncc2c(N3CCC3)ncnc21. The van der Waals surface area contributed by atoms with Crippen molar-refractivity contribution in [3.05, 3.63) is 12.5 Å². The summed E-state index contributed by atoms with van der Waals surface area (Å²) >= 11 is 0. The highest BCUT2D eigenvalue weighted by Gasteiger charge is 2.19. The van der Waals surface area contributed by atoms with E-state index in [0.717, 1.165) is 29.9 Å². The van der Waals surface area contributed by atoms with Gasteiger partial charge >= 0.3 is 0 Å². The van der Waals surface area contributed by atoms with Crippen molar-refractivity contribution in [2.45, 2.75) is 6.42 Å². The minimum absolute atomic E-state index is 0.905. The molecule has 2 aromatic heterocycles. The van der Waals surface area contributed by atoms with Crippen LogP contribution in [0.15, 0.2) is 12.5 Å². The maximum absolute atomic E-state index is 4.30. The lowest BCUT2D eigenvalue weighted by molar-refractivity contribution is 0.611. The molecule has 14 heavy (non-hydrogen) atoms. The molecule has 0 atom stereocenters. The molecule has 0 bridgehead atoms. The topological polar surface area (TPSA) is 46.8 Å². The second kappa shape index (κ2) is 2.67. The van der Waals surface area contributed by atoms with Gasteiger partial charge in [-0.25, -0.2) is 9.97 Å². The molecule has 1 aliphatic heterocycles. The van der Waals surface area contributed by atoms with E-state index in [-0.39, 0.29) is 0 Å². The van der Waals surface area contributed by atoms with E-state index in [0.29, 0.717) is 0 Å². The molecular weight excluding hydrogens is 178 g/mol. The van der Waals surface area contributed by atoms with Crippen molar-refractivity contribution in [2.24, 2.45) is 7.05 Å². The quantitative estimate of drug-likeness (QED) is 0.658. The summed E-state index contributed by atoms with van der Waals surface area (Å²) < 4.78 is 1.78. The van der Waals surface area contributed by atoms with Gasteiger partial charge in [-0.1, -0.05) is 0 Å². The van der Waals surface area contributed by atoms with E-state index in [9.17, 15) is 0 Å². The number of fused-ring (bicyclic) bond motifs is 1. The van der Waals surface area contributed by atoms with Gasteiger partial charge in [-0.2, -0.15) is 5.10 Å². The Morgan fingerprint density at radius 1 is 1.29 bits per heavy atom. The first-order valence-electron chi connectivity index (χ1n) is 4.74. The molecule has 0 aliphatic carbocycles. The summed E-state index contributed by atoms with van der Waals surface area (Å²) in [6.07, 6.45) is 4.70. The summed E-state index contributed by atoms with van der Waals surface area (Å²) in [4.78, 5) is 10.8. The molecule has 1 aliphatic rings. The Kier molecular flexibility index (Phi) is 1.47. The van der Waals surface area contributed by atoms with Crippen molar-refractivity contribution < 1.29 is 0 Å². The fourth-order valence-electron chi connectivity index (χ4n) is 1.73. The zero-order chi connectivity index (χ0) is 9.54. The Morgan fingerprint density at radius 3 is 2.86 bits per heavy atom. The largest absolute Gasteiger partial charge is 0.356 e. The Morgan fingerprint density at radius 2 is 2.14 bits per heavy atom.